The van der Waals surface area contributed by atoms with Gasteiger partial charge < -0.3 is 14.4 Å². The molecule has 0 spiro atoms. The zero-order valence-electron chi connectivity index (χ0n) is 13.3. The van der Waals surface area contributed by atoms with E-state index in [4.69, 9.17) is 9.47 Å². The monoisotopic (exact) mass is 337 g/mol. The summed E-state index contributed by atoms with van der Waals surface area (Å²) >= 11 is 1.90. The number of nitrogens with zero attached hydrogens (tertiary/aromatic N) is 1. The third-order valence-corrected chi connectivity index (χ3v) is 5.35. The summed E-state index contributed by atoms with van der Waals surface area (Å²) in [7, 11) is 3.09. The molecule has 2 saturated heterocycles. The first kappa shape index (κ1) is 16.1. The van der Waals surface area contributed by atoms with Gasteiger partial charge >= 0.3 is 0 Å². The fourth-order valence-corrected chi connectivity index (χ4v) is 4.14. The molecule has 6 nitrogen and oxygen atoms in total. The Morgan fingerprint density at radius 1 is 1.09 bits per heavy atom. The smallest absolute Gasteiger partial charge is 0.292 e. The zero-order valence-corrected chi connectivity index (χ0v) is 14.1. The van der Waals surface area contributed by atoms with Crippen LogP contribution in [0.2, 0.25) is 0 Å². The molecule has 124 valence electrons. The lowest BCUT2D eigenvalue weighted by molar-refractivity contribution is -0.911. The van der Waals surface area contributed by atoms with Gasteiger partial charge in [0, 0.05) is 29.7 Å². The fraction of sp³-hybridized carbons (Fsp3) is 0.500. The molecule has 2 heterocycles. The van der Waals surface area contributed by atoms with Crippen LogP contribution in [0.4, 0.5) is 5.69 Å². The highest BCUT2D eigenvalue weighted by Gasteiger charge is 2.46. The van der Waals surface area contributed by atoms with Gasteiger partial charge in [0.2, 0.25) is 5.91 Å². The molecule has 2 aliphatic rings. The van der Waals surface area contributed by atoms with Gasteiger partial charge in [-0.1, -0.05) is 0 Å². The highest BCUT2D eigenvalue weighted by molar-refractivity contribution is 7.99. The molecule has 0 saturated carbocycles. The molecule has 2 aliphatic heterocycles. The summed E-state index contributed by atoms with van der Waals surface area (Å²) in [5.74, 6) is 2.93. The first-order chi connectivity index (χ1) is 11.1. The van der Waals surface area contributed by atoms with E-state index in [1.807, 2.05) is 11.8 Å². The molecule has 0 bridgehead atoms. The number of carbonyl (C=O) groups excluding carboxylic acids is 2. The Balaban J connectivity index is 1.87. The van der Waals surface area contributed by atoms with Crippen molar-refractivity contribution in [2.24, 2.45) is 0 Å². The lowest BCUT2D eigenvalue weighted by Crippen LogP contribution is -3.18. The number of imide groups is 1. The molecule has 7 heteroatoms. The van der Waals surface area contributed by atoms with Crippen LogP contribution >= 0.6 is 11.8 Å². The molecule has 0 aromatic heterocycles. The predicted octanol–water partition coefficient (Wildman–Crippen LogP) is -0.0326. The van der Waals surface area contributed by atoms with Crippen molar-refractivity contribution in [3.8, 4) is 11.5 Å². The number of rotatable bonds is 4. The number of amides is 2. The average molecular weight is 337 g/mol. The molecule has 0 unspecified atom stereocenters. The van der Waals surface area contributed by atoms with Crippen molar-refractivity contribution in [2.45, 2.75) is 12.5 Å². The van der Waals surface area contributed by atoms with Crippen LogP contribution in [0.3, 0.4) is 0 Å². The average Bonchev–Trinajstić information content (AvgIpc) is 2.89. The van der Waals surface area contributed by atoms with Crippen molar-refractivity contribution < 1.29 is 24.0 Å². The number of hydrogen-bond acceptors (Lipinski definition) is 5. The number of benzene rings is 1. The van der Waals surface area contributed by atoms with Gasteiger partial charge in [0.25, 0.3) is 5.91 Å². The van der Waals surface area contributed by atoms with Crippen LogP contribution in [-0.4, -0.2) is 56.7 Å². The molecule has 3 rings (SSSR count). The topological polar surface area (TPSA) is 60.3 Å². The number of quaternary nitrogens is 1. The largest absolute Gasteiger partial charge is 0.497 e. The van der Waals surface area contributed by atoms with E-state index in [-0.39, 0.29) is 24.3 Å². The van der Waals surface area contributed by atoms with E-state index >= 15 is 0 Å². The van der Waals surface area contributed by atoms with E-state index in [0.717, 1.165) is 24.6 Å². The Morgan fingerprint density at radius 3 is 2.26 bits per heavy atom. The lowest BCUT2D eigenvalue weighted by Gasteiger charge is -2.27. The Hall–Kier alpha value is -1.73. The second kappa shape index (κ2) is 6.80. The number of carbonyl (C=O) groups is 2. The van der Waals surface area contributed by atoms with E-state index in [1.54, 1.807) is 32.4 Å². The number of ether oxygens (including phenoxy) is 2. The first-order valence-corrected chi connectivity index (χ1v) is 8.81. The van der Waals surface area contributed by atoms with Gasteiger partial charge in [0.15, 0.2) is 6.04 Å². The third kappa shape index (κ3) is 3.16. The Labute approximate surface area is 139 Å². The quantitative estimate of drug-likeness (QED) is 0.782. The Morgan fingerprint density at radius 2 is 1.70 bits per heavy atom. The predicted molar refractivity (Wildman–Crippen MR) is 88.5 cm³/mol. The summed E-state index contributed by atoms with van der Waals surface area (Å²) < 4.78 is 10.5. The summed E-state index contributed by atoms with van der Waals surface area (Å²) in [4.78, 5) is 27.8. The van der Waals surface area contributed by atoms with Crippen molar-refractivity contribution in [3.63, 3.8) is 0 Å². The van der Waals surface area contributed by atoms with E-state index < -0.39 is 0 Å². The standard InChI is InChI=1S/C16H20N2O4S/c1-21-12-7-11(8-13(9-12)22-2)18-15(19)10-14(16(18)20)17-3-5-23-6-4-17/h7-9,14H,3-6,10H2,1-2H3/p+1/t14-/m1/s1. The summed E-state index contributed by atoms with van der Waals surface area (Å²) in [5.41, 5.74) is 0.518. The number of thioether (sulfide) groups is 1. The van der Waals surface area contributed by atoms with Gasteiger partial charge in [-0.3, -0.25) is 9.59 Å². The first-order valence-electron chi connectivity index (χ1n) is 7.66. The van der Waals surface area contributed by atoms with Crippen molar-refractivity contribution in [1.29, 1.82) is 0 Å². The molecular weight excluding hydrogens is 316 g/mol. The van der Waals surface area contributed by atoms with E-state index in [0.29, 0.717) is 17.2 Å². The summed E-state index contributed by atoms with van der Waals surface area (Å²) in [6.45, 7) is 1.87. The maximum atomic E-state index is 12.8. The maximum Gasteiger partial charge on any atom is 0.292 e. The van der Waals surface area contributed by atoms with Crippen molar-refractivity contribution >= 4 is 29.3 Å². The third-order valence-electron chi connectivity index (χ3n) is 4.37. The molecule has 1 aromatic carbocycles. The van der Waals surface area contributed by atoms with Crippen LogP contribution in [-0.2, 0) is 9.59 Å². The minimum Gasteiger partial charge on any atom is -0.497 e. The van der Waals surface area contributed by atoms with Gasteiger partial charge in [0.05, 0.1) is 39.4 Å². The van der Waals surface area contributed by atoms with E-state index in [1.165, 1.54) is 9.80 Å². The summed E-state index contributed by atoms with van der Waals surface area (Å²) in [5, 5.41) is 0. The second-order valence-electron chi connectivity index (χ2n) is 5.67. The van der Waals surface area contributed by atoms with Gasteiger partial charge in [0.1, 0.15) is 11.5 Å². The minimum atomic E-state index is -0.263. The van der Waals surface area contributed by atoms with E-state index in [2.05, 4.69) is 0 Å². The highest BCUT2D eigenvalue weighted by Crippen LogP contribution is 2.31. The second-order valence-corrected chi connectivity index (χ2v) is 6.89. The molecule has 0 aliphatic carbocycles. The Kier molecular flexibility index (Phi) is 4.77. The minimum absolute atomic E-state index is 0.118. The molecule has 0 radical (unpaired) electrons. The van der Waals surface area contributed by atoms with Crippen molar-refractivity contribution in [1.82, 2.24) is 0 Å². The molecule has 1 atom stereocenters. The van der Waals surface area contributed by atoms with Gasteiger partial charge in [-0.15, -0.1) is 0 Å². The van der Waals surface area contributed by atoms with Crippen LogP contribution in [0.15, 0.2) is 18.2 Å². The summed E-state index contributed by atoms with van der Waals surface area (Å²) in [6.07, 6.45) is 0.276. The molecule has 1 aromatic rings. The SMILES string of the molecule is COc1cc(OC)cc(N2C(=O)C[C@@H]([NH+]3CCSCC3)C2=O)c1. The fourth-order valence-electron chi connectivity index (χ4n) is 3.13. The maximum absolute atomic E-state index is 12.8. The lowest BCUT2D eigenvalue weighted by atomic mass is 10.2. The van der Waals surface area contributed by atoms with Crippen molar-refractivity contribution in [3.05, 3.63) is 18.2 Å². The normalized spacial score (nSPS) is 22.5. The molecule has 1 N–H and O–H groups in total. The molecule has 2 amide bonds. The number of anilines is 1. The van der Waals surface area contributed by atoms with Crippen LogP contribution in [0.25, 0.3) is 0 Å². The zero-order chi connectivity index (χ0) is 16.4. The Bertz CT molecular complexity index is 594. The van der Waals surface area contributed by atoms with Crippen LogP contribution < -0.4 is 19.3 Å². The van der Waals surface area contributed by atoms with E-state index in [9.17, 15) is 9.59 Å². The van der Waals surface area contributed by atoms with Gasteiger partial charge in [-0.05, 0) is 0 Å². The van der Waals surface area contributed by atoms with Crippen molar-refractivity contribution in [2.75, 3.05) is 43.7 Å². The number of nitrogens with one attached hydrogen (secondary N) is 1. The molecule has 2 fully saturated rings. The van der Waals surface area contributed by atoms with Crippen LogP contribution in [0, 0.1) is 0 Å². The number of hydrogen-bond donors (Lipinski definition) is 1. The highest BCUT2D eigenvalue weighted by atomic mass is 32.2. The number of methoxy groups -OCH3 is 2. The van der Waals surface area contributed by atoms with Gasteiger partial charge in [-0.2, -0.15) is 11.8 Å². The molecule has 23 heavy (non-hydrogen) atoms. The van der Waals surface area contributed by atoms with Crippen LogP contribution in [0.1, 0.15) is 6.42 Å². The summed E-state index contributed by atoms with van der Waals surface area (Å²) in [6, 6.07) is 4.85. The van der Waals surface area contributed by atoms with Crippen LogP contribution in [0.5, 0.6) is 11.5 Å². The van der Waals surface area contributed by atoms with Gasteiger partial charge in [-0.25, -0.2) is 4.90 Å². The molecular formula is C16H21N2O4S+.